The molecule has 0 saturated carbocycles. The zero-order valence-electron chi connectivity index (χ0n) is 9.88. The van der Waals surface area contributed by atoms with Crippen LogP contribution in [-0.2, 0) is 6.42 Å². The summed E-state index contributed by atoms with van der Waals surface area (Å²) in [6.45, 7) is 1.86. The monoisotopic (exact) mass is 230 g/mol. The Morgan fingerprint density at radius 3 is 2.53 bits per heavy atom. The number of benzene rings is 1. The molecule has 0 fully saturated rings. The van der Waals surface area contributed by atoms with Gasteiger partial charge in [0.05, 0.1) is 19.2 Å². The zero-order chi connectivity index (χ0) is 12.3. The van der Waals surface area contributed by atoms with Crippen LogP contribution in [0, 0.1) is 6.92 Å². The van der Waals surface area contributed by atoms with Gasteiger partial charge in [0.25, 0.3) is 5.91 Å². The van der Waals surface area contributed by atoms with Crippen LogP contribution in [0.15, 0.2) is 36.5 Å². The molecule has 1 heterocycles. The Kier molecular flexibility index (Phi) is 3.23. The molecule has 0 N–H and O–H groups in total. The molecule has 2 aromatic rings. The van der Waals surface area contributed by atoms with E-state index in [1.807, 2.05) is 37.3 Å². The Morgan fingerprint density at radius 1 is 1.29 bits per heavy atom. The van der Waals surface area contributed by atoms with Crippen LogP contribution in [0.25, 0.3) is 0 Å². The number of hydrogen-bond acceptors (Lipinski definition) is 3. The van der Waals surface area contributed by atoms with E-state index in [4.69, 9.17) is 4.74 Å². The number of aryl methyl sites for hydroxylation is 1. The van der Waals surface area contributed by atoms with Gasteiger partial charge in [0.2, 0.25) is 0 Å². The third-order valence-corrected chi connectivity index (χ3v) is 2.49. The van der Waals surface area contributed by atoms with Crippen molar-refractivity contribution < 1.29 is 9.53 Å². The molecule has 0 saturated heterocycles. The van der Waals surface area contributed by atoms with Crippen LogP contribution in [-0.4, -0.2) is 22.8 Å². The summed E-state index contributed by atoms with van der Waals surface area (Å²) < 4.78 is 6.43. The normalized spacial score (nSPS) is 10.2. The van der Waals surface area contributed by atoms with Gasteiger partial charge in [0.1, 0.15) is 5.75 Å². The first-order valence-corrected chi connectivity index (χ1v) is 5.37. The van der Waals surface area contributed by atoms with Crippen LogP contribution >= 0.6 is 0 Å². The first-order chi connectivity index (χ1) is 8.19. The summed E-state index contributed by atoms with van der Waals surface area (Å²) in [5.41, 5.74) is 1.79. The molecule has 0 aliphatic carbocycles. The average Bonchev–Trinajstić information content (AvgIpc) is 2.77. The first-order valence-electron chi connectivity index (χ1n) is 5.37. The molecule has 0 aliphatic heterocycles. The molecule has 4 heteroatoms. The predicted octanol–water partition coefficient (Wildman–Crippen LogP) is 2.08. The van der Waals surface area contributed by atoms with Gasteiger partial charge in [-0.05, 0) is 30.7 Å². The molecule has 0 atom stereocenters. The van der Waals surface area contributed by atoms with Crippen molar-refractivity contribution in [1.29, 1.82) is 0 Å². The van der Waals surface area contributed by atoms with Crippen LogP contribution in [0.2, 0.25) is 0 Å². The van der Waals surface area contributed by atoms with Gasteiger partial charge in [0.15, 0.2) is 0 Å². The van der Waals surface area contributed by atoms with Gasteiger partial charge >= 0.3 is 0 Å². The molecule has 1 aromatic carbocycles. The Morgan fingerprint density at radius 2 is 2.00 bits per heavy atom. The largest absolute Gasteiger partial charge is 0.497 e. The highest BCUT2D eigenvalue weighted by Gasteiger charge is 2.07. The second kappa shape index (κ2) is 4.82. The Hall–Kier alpha value is -2.10. The number of carbonyl (C=O) groups excluding carboxylic acids is 1. The Labute approximate surface area is 99.8 Å². The fourth-order valence-corrected chi connectivity index (χ4v) is 1.55. The summed E-state index contributed by atoms with van der Waals surface area (Å²) >= 11 is 0. The van der Waals surface area contributed by atoms with Gasteiger partial charge in [-0.3, -0.25) is 4.79 Å². The van der Waals surface area contributed by atoms with E-state index in [2.05, 4.69) is 5.10 Å². The lowest BCUT2D eigenvalue weighted by Crippen LogP contribution is -2.14. The Balaban J connectivity index is 2.07. The number of ether oxygens (including phenoxy) is 1. The molecule has 0 unspecified atom stereocenters. The number of rotatable bonds is 3. The number of nitrogens with zero attached hydrogens (tertiary/aromatic N) is 2. The highest BCUT2D eigenvalue weighted by molar-refractivity contribution is 5.80. The second-order valence-corrected chi connectivity index (χ2v) is 3.82. The summed E-state index contributed by atoms with van der Waals surface area (Å²) in [7, 11) is 1.62. The number of methoxy groups -OCH3 is 1. The topological polar surface area (TPSA) is 44.1 Å². The minimum Gasteiger partial charge on any atom is -0.497 e. The predicted molar refractivity (Wildman–Crippen MR) is 64.3 cm³/mol. The zero-order valence-corrected chi connectivity index (χ0v) is 9.88. The number of carbonyl (C=O) groups is 1. The molecular formula is C13H14N2O2. The molecular weight excluding hydrogens is 216 g/mol. The van der Waals surface area contributed by atoms with E-state index in [0.717, 1.165) is 17.0 Å². The van der Waals surface area contributed by atoms with Crippen LogP contribution in [0.1, 0.15) is 16.1 Å². The number of aromatic nitrogens is 2. The van der Waals surface area contributed by atoms with Gasteiger partial charge in [-0.1, -0.05) is 12.1 Å². The lowest BCUT2D eigenvalue weighted by Gasteiger charge is -2.03. The second-order valence-electron chi connectivity index (χ2n) is 3.82. The molecule has 0 radical (unpaired) electrons. The minimum absolute atomic E-state index is 0.0386. The van der Waals surface area contributed by atoms with Gasteiger partial charge in [-0.2, -0.15) is 5.10 Å². The fourth-order valence-electron chi connectivity index (χ4n) is 1.55. The van der Waals surface area contributed by atoms with Crippen molar-refractivity contribution in [3.05, 3.63) is 47.8 Å². The lowest BCUT2D eigenvalue weighted by molar-refractivity contribution is 0.0898. The van der Waals surface area contributed by atoms with Crippen LogP contribution in [0.3, 0.4) is 0 Å². The maximum Gasteiger partial charge on any atom is 0.251 e. The van der Waals surface area contributed by atoms with Gasteiger partial charge in [0, 0.05) is 6.20 Å². The molecule has 2 rings (SSSR count). The van der Waals surface area contributed by atoms with Crippen LogP contribution < -0.4 is 4.74 Å². The standard InChI is InChI=1S/C13H14N2O2/c1-10-7-8-15(14-10)13(16)9-11-3-5-12(17-2)6-4-11/h3-8H,9H2,1-2H3. The molecule has 0 spiro atoms. The molecule has 1 aromatic heterocycles. The SMILES string of the molecule is COc1ccc(CC(=O)n2ccc(C)n2)cc1. The lowest BCUT2D eigenvalue weighted by atomic mass is 10.1. The highest BCUT2D eigenvalue weighted by Crippen LogP contribution is 2.12. The van der Waals surface area contributed by atoms with E-state index >= 15 is 0 Å². The van der Waals surface area contributed by atoms with Gasteiger partial charge in [-0.25, -0.2) is 4.68 Å². The number of hydrogen-bond donors (Lipinski definition) is 0. The molecule has 4 nitrogen and oxygen atoms in total. The molecule has 88 valence electrons. The van der Waals surface area contributed by atoms with Crippen LogP contribution in [0.4, 0.5) is 0 Å². The summed E-state index contributed by atoms with van der Waals surface area (Å²) in [6.07, 6.45) is 2.02. The maximum atomic E-state index is 11.9. The summed E-state index contributed by atoms with van der Waals surface area (Å²) in [4.78, 5) is 11.9. The van der Waals surface area contributed by atoms with Crippen molar-refractivity contribution in [3.8, 4) is 5.75 Å². The van der Waals surface area contributed by atoms with Crippen molar-refractivity contribution in [1.82, 2.24) is 9.78 Å². The Bertz CT molecular complexity index is 514. The van der Waals surface area contributed by atoms with Gasteiger partial charge < -0.3 is 4.74 Å². The minimum atomic E-state index is -0.0386. The average molecular weight is 230 g/mol. The van der Waals surface area contributed by atoms with Crippen molar-refractivity contribution >= 4 is 5.91 Å². The molecule has 0 bridgehead atoms. The molecule has 17 heavy (non-hydrogen) atoms. The molecule has 0 amide bonds. The van der Waals surface area contributed by atoms with Crippen molar-refractivity contribution in [2.45, 2.75) is 13.3 Å². The quantitative estimate of drug-likeness (QED) is 0.810. The smallest absolute Gasteiger partial charge is 0.251 e. The van der Waals surface area contributed by atoms with E-state index < -0.39 is 0 Å². The molecule has 0 aliphatic rings. The summed E-state index contributed by atoms with van der Waals surface area (Å²) in [5, 5.41) is 4.08. The summed E-state index contributed by atoms with van der Waals surface area (Å²) in [5.74, 6) is 0.749. The van der Waals surface area contributed by atoms with E-state index in [0.29, 0.717) is 6.42 Å². The van der Waals surface area contributed by atoms with Crippen molar-refractivity contribution in [3.63, 3.8) is 0 Å². The third kappa shape index (κ3) is 2.72. The van der Waals surface area contributed by atoms with E-state index in [-0.39, 0.29) is 5.91 Å². The fraction of sp³-hybridized carbons (Fsp3) is 0.231. The van der Waals surface area contributed by atoms with E-state index in [1.165, 1.54) is 4.68 Å². The highest BCUT2D eigenvalue weighted by atomic mass is 16.5. The van der Waals surface area contributed by atoms with Crippen molar-refractivity contribution in [2.24, 2.45) is 0 Å². The van der Waals surface area contributed by atoms with Crippen molar-refractivity contribution in [2.75, 3.05) is 7.11 Å². The van der Waals surface area contributed by atoms with E-state index in [1.54, 1.807) is 13.3 Å². The van der Waals surface area contributed by atoms with E-state index in [9.17, 15) is 4.79 Å². The third-order valence-electron chi connectivity index (χ3n) is 2.49. The maximum absolute atomic E-state index is 11.9. The summed E-state index contributed by atoms with van der Waals surface area (Å²) in [6, 6.07) is 9.26. The van der Waals surface area contributed by atoms with Gasteiger partial charge in [-0.15, -0.1) is 0 Å². The first kappa shape index (κ1) is 11.4. The van der Waals surface area contributed by atoms with Crippen LogP contribution in [0.5, 0.6) is 5.75 Å².